The van der Waals surface area contributed by atoms with Gasteiger partial charge >= 0.3 is 6.03 Å². The first-order valence-corrected chi connectivity index (χ1v) is 11.6. The van der Waals surface area contributed by atoms with Crippen LogP contribution >= 0.6 is 11.6 Å². The van der Waals surface area contributed by atoms with Crippen LogP contribution in [-0.4, -0.2) is 41.1 Å². The van der Waals surface area contributed by atoms with Crippen LogP contribution in [0.1, 0.15) is 43.6 Å². The third kappa shape index (κ3) is 6.22. The lowest BCUT2D eigenvalue weighted by molar-refractivity contribution is 0.0950. The number of alkyl halides is 1. The highest BCUT2D eigenvalue weighted by atomic mass is 35.5. The Kier molecular flexibility index (Phi) is 7.72. The summed E-state index contributed by atoms with van der Waals surface area (Å²) < 4.78 is 14.2. The summed E-state index contributed by atoms with van der Waals surface area (Å²) in [6, 6.07) is 14.1. The Morgan fingerprint density at radius 2 is 1.94 bits per heavy atom. The number of hydrogen-bond acceptors (Lipinski definition) is 4. The number of pyridine rings is 1. The minimum Gasteiger partial charge on any atom is -0.348 e. The summed E-state index contributed by atoms with van der Waals surface area (Å²) in [6.45, 7) is 1.94. The lowest BCUT2D eigenvalue weighted by atomic mass is 10.0. The number of carbonyl (C=O) groups is 2. The molecule has 2 heterocycles. The molecule has 0 aliphatic carbocycles. The molecule has 1 atom stereocenters. The van der Waals surface area contributed by atoms with Crippen molar-refractivity contribution in [3.63, 3.8) is 0 Å². The number of nitrogens with one attached hydrogen (secondary N) is 3. The van der Waals surface area contributed by atoms with Crippen LogP contribution in [0.5, 0.6) is 0 Å². The van der Waals surface area contributed by atoms with Gasteiger partial charge in [-0.2, -0.15) is 0 Å². The molecule has 1 fully saturated rings. The smallest absolute Gasteiger partial charge is 0.317 e. The zero-order chi connectivity index (χ0) is 24.8. The van der Waals surface area contributed by atoms with Crippen LogP contribution < -0.4 is 10.6 Å². The van der Waals surface area contributed by atoms with Crippen LogP contribution in [0.4, 0.5) is 9.18 Å². The molecule has 0 bridgehead atoms. The molecule has 3 N–H and O–H groups in total. The third-order valence-corrected chi connectivity index (χ3v) is 6.16. The van der Waals surface area contributed by atoms with Crippen LogP contribution in [0.15, 0.2) is 60.9 Å². The van der Waals surface area contributed by atoms with E-state index in [0.29, 0.717) is 42.7 Å². The molecule has 0 radical (unpaired) electrons. The minimum atomic E-state index is -0.653. The molecule has 1 aliphatic rings. The predicted octanol–water partition coefficient (Wildman–Crippen LogP) is 4.20. The molecule has 1 unspecified atom stereocenters. The van der Waals surface area contributed by atoms with Crippen molar-refractivity contribution in [3.8, 4) is 0 Å². The van der Waals surface area contributed by atoms with Crippen molar-refractivity contribution in [2.45, 2.75) is 24.9 Å². The highest BCUT2D eigenvalue weighted by molar-refractivity contribution is 6.27. The Morgan fingerprint density at radius 1 is 1.17 bits per heavy atom. The van der Waals surface area contributed by atoms with E-state index in [1.54, 1.807) is 23.2 Å². The van der Waals surface area contributed by atoms with Gasteiger partial charge in [-0.3, -0.25) is 9.78 Å². The topological polar surface area (TPSA) is 98.2 Å². The van der Waals surface area contributed by atoms with Gasteiger partial charge in [0.1, 0.15) is 5.82 Å². The first-order valence-electron chi connectivity index (χ1n) is 11.2. The molecule has 2 aromatic carbocycles. The number of nitrogens with zero attached hydrogens (tertiary/aromatic N) is 2. The monoisotopic (exact) mass is 493 g/mol. The molecule has 7 nitrogen and oxygen atoms in total. The molecule has 4 rings (SSSR count). The summed E-state index contributed by atoms with van der Waals surface area (Å²) in [5.41, 5.74) is 4.23. The van der Waals surface area contributed by atoms with Crippen LogP contribution in [0.3, 0.4) is 0 Å². The second-order valence-electron chi connectivity index (χ2n) is 8.33. The first kappa shape index (κ1) is 24.3. The Bertz CT molecular complexity index is 1230. The largest absolute Gasteiger partial charge is 0.348 e. The van der Waals surface area contributed by atoms with E-state index in [2.05, 4.69) is 15.6 Å². The normalized spacial score (nSPS) is 13.9. The molecular weight excluding hydrogens is 469 g/mol. The van der Waals surface area contributed by atoms with Crippen molar-refractivity contribution < 1.29 is 14.0 Å². The summed E-state index contributed by atoms with van der Waals surface area (Å²) in [5.74, 6) is -0.818. The Balaban J connectivity index is 1.37. The standard InChI is InChI=1S/C26H25ClFN5O2/c27-23(12-29)20-5-6-24(28)21(11-20)15-32-25(34)22-10-19(13-30-14-22)9-17-1-3-18(4-2-17)16-33-8-7-31-26(33)35/h1-6,10-14,23,29H,7-9,15-16H2,(H,31,35)(H,32,34). The molecule has 1 saturated heterocycles. The molecule has 3 amide bonds. The summed E-state index contributed by atoms with van der Waals surface area (Å²) in [6.07, 6.45) is 4.84. The summed E-state index contributed by atoms with van der Waals surface area (Å²) >= 11 is 6.03. The van der Waals surface area contributed by atoms with Crippen molar-refractivity contribution in [3.05, 3.63) is 100 Å². The van der Waals surface area contributed by atoms with E-state index >= 15 is 0 Å². The number of hydrogen-bond donors (Lipinski definition) is 3. The van der Waals surface area contributed by atoms with Crippen molar-refractivity contribution in [2.24, 2.45) is 0 Å². The fraction of sp³-hybridized carbons (Fsp3) is 0.231. The zero-order valence-corrected chi connectivity index (χ0v) is 19.7. The molecule has 1 aromatic heterocycles. The van der Waals surface area contributed by atoms with E-state index < -0.39 is 11.2 Å². The quantitative estimate of drug-likeness (QED) is 0.308. The molecule has 9 heteroatoms. The fourth-order valence-corrected chi connectivity index (χ4v) is 4.00. The first-order chi connectivity index (χ1) is 16.9. The summed E-state index contributed by atoms with van der Waals surface area (Å²) in [5, 5.41) is 12.1. The van der Waals surface area contributed by atoms with E-state index in [-0.39, 0.29) is 18.5 Å². The fourth-order valence-electron chi connectivity index (χ4n) is 3.86. The minimum absolute atomic E-state index is 0.0130. The lowest BCUT2D eigenvalue weighted by Crippen LogP contribution is -2.27. The van der Waals surface area contributed by atoms with E-state index in [4.69, 9.17) is 17.0 Å². The number of rotatable bonds is 9. The number of halogens is 2. The molecule has 180 valence electrons. The molecule has 1 aliphatic heterocycles. The SMILES string of the molecule is N=CC(Cl)c1ccc(F)c(CNC(=O)c2cncc(Cc3ccc(CN4CCNC4=O)cc3)c2)c1. The Morgan fingerprint density at radius 3 is 2.66 bits per heavy atom. The van der Waals surface area contributed by atoms with Gasteiger partial charge in [-0.15, -0.1) is 11.6 Å². The second kappa shape index (κ2) is 11.1. The van der Waals surface area contributed by atoms with Crippen molar-refractivity contribution in [1.82, 2.24) is 20.5 Å². The van der Waals surface area contributed by atoms with Crippen LogP contribution in [0.2, 0.25) is 0 Å². The van der Waals surface area contributed by atoms with Gasteiger partial charge in [-0.1, -0.05) is 30.3 Å². The average molecular weight is 494 g/mol. The maximum atomic E-state index is 14.2. The highest BCUT2D eigenvalue weighted by Gasteiger charge is 2.19. The van der Waals surface area contributed by atoms with Crippen LogP contribution in [-0.2, 0) is 19.5 Å². The van der Waals surface area contributed by atoms with Crippen molar-refractivity contribution in [1.29, 1.82) is 5.41 Å². The van der Waals surface area contributed by atoms with E-state index in [1.807, 2.05) is 24.3 Å². The molecular formula is C26H25ClFN5O2. The lowest BCUT2D eigenvalue weighted by Gasteiger charge is -2.14. The number of amides is 3. The van der Waals surface area contributed by atoms with Gasteiger partial charge in [0.05, 0.1) is 10.9 Å². The summed E-state index contributed by atoms with van der Waals surface area (Å²) in [4.78, 5) is 30.3. The van der Waals surface area contributed by atoms with E-state index in [1.165, 1.54) is 18.3 Å². The Labute approximate surface area is 207 Å². The van der Waals surface area contributed by atoms with Gasteiger partial charge in [-0.25, -0.2) is 9.18 Å². The molecule has 35 heavy (non-hydrogen) atoms. The number of benzene rings is 2. The Hall–Kier alpha value is -3.78. The molecule has 0 spiro atoms. The van der Waals surface area contributed by atoms with Crippen molar-refractivity contribution in [2.75, 3.05) is 13.1 Å². The van der Waals surface area contributed by atoms with Crippen molar-refractivity contribution >= 4 is 29.8 Å². The number of aromatic nitrogens is 1. The zero-order valence-electron chi connectivity index (χ0n) is 18.9. The number of urea groups is 1. The van der Waals surface area contributed by atoms with Gasteiger partial charge in [-0.05, 0) is 46.9 Å². The van der Waals surface area contributed by atoms with Gasteiger partial charge < -0.3 is 20.9 Å². The maximum Gasteiger partial charge on any atom is 0.317 e. The predicted molar refractivity (Wildman–Crippen MR) is 132 cm³/mol. The number of carbonyl (C=O) groups excluding carboxylic acids is 2. The van der Waals surface area contributed by atoms with Gasteiger partial charge in [0.2, 0.25) is 0 Å². The van der Waals surface area contributed by atoms with Crippen LogP contribution in [0.25, 0.3) is 0 Å². The van der Waals surface area contributed by atoms with E-state index in [0.717, 1.165) is 22.9 Å². The maximum absolute atomic E-state index is 14.2. The average Bonchev–Trinajstić information content (AvgIpc) is 3.28. The van der Waals surface area contributed by atoms with Gasteiger partial charge in [0.15, 0.2) is 0 Å². The van der Waals surface area contributed by atoms with Gasteiger partial charge in [0.25, 0.3) is 5.91 Å². The molecule has 3 aromatic rings. The van der Waals surface area contributed by atoms with Gasteiger partial charge in [0, 0.05) is 50.4 Å². The molecule has 0 saturated carbocycles. The van der Waals surface area contributed by atoms with E-state index in [9.17, 15) is 14.0 Å². The van der Waals surface area contributed by atoms with Crippen LogP contribution in [0, 0.1) is 11.2 Å². The highest BCUT2D eigenvalue weighted by Crippen LogP contribution is 2.21. The second-order valence-corrected chi connectivity index (χ2v) is 8.80. The third-order valence-electron chi connectivity index (χ3n) is 5.78. The summed E-state index contributed by atoms with van der Waals surface area (Å²) in [7, 11) is 0.